The number of pyridine rings is 1. The number of nitrogens with one attached hydrogen (secondary N) is 1. The minimum Gasteiger partial charge on any atom is -0.394 e. The van der Waals surface area contributed by atoms with E-state index in [1.165, 1.54) is 0 Å². The molecular formula is C24H27F3N4O3. The first kappa shape index (κ1) is 25.4. The Labute approximate surface area is 195 Å². The molecule has 7 nitrogen and oxygen atoms in total. The van der Waals surface area contributed by atoms with Crippen molar-refractivity contribution in [3.05, 3.63) is 59.9 Å². The van der Waals surface area contributed by atoms with Crippen molar-refractivity contribution in [2.45, 2.75) is 25.4 Å². The maximum atomic E-state index is 12.4. The lowest BCUT2D eigenvalue weighted by molar-refractivity contribution is -0.143. The van der Waals surface area contributed by atoms with Gasteiger partial charge in [-0.2, -0.15) is 13.2 Å². The highest BCUT2D eigenvalue weighted by atomic mass is 19.4. The molecular weight excluding hydrogens is 449 g/mol. The molecule has 2 aromatic heterocycles. The van der Waals surface area contributed by atoms with Crippen LogP contribution < -0.4 is 5.32 Å². The van der Waals surface area contributed by atoms with Crippen LogP contribution in [0.2, 0.25) is 0 Å². The number of methoxy groups -OCH3 is 1. The number of alkyl halides is 3. The van der Waals surface area contributed by atoms with Gasteiger partial charge in [-0.3, -0.25) is 9.20 Å². The van der Waals surface area contributed by atoms with E-state index in [0.29, 0.717) is 31.0 Å². The first-order valence-electron chi connectivity index (χ1n) is 10.9. The molecule has 0 radical (unpaired) electrons. The van der Waals surface area contributed by atoms with Crippen LogP contribution >= 0.6 is 0 Å². The number of hydrogen-bond acceptors (Lipinski definition) is 6. The van der Waals surface area contributed by atoms with Gasteiger partial charge in [-0.25, -0.2) is 4.98 Å². The van der Waals surface area contributed by atoms with E-state index in [1.54, 1.807) is 37.7 Å². The number of benzene rings is 1. The van der Waals surface area contributed by atoms with Crippen molar-refractivity contribution in [1.29, 1.82) is 0 Å². The van der Waals surface area contributed by atoms with Crippen molar-refractivity contribution < 1.29 is 27.5 Å². The topological polar surface area (TPSA) is 77.2 Å². The van der Waals surface area contributed by atoms with Gasteiger partial charge in [0, 0.05) is 50.4 Å². The van der Waals surface area contributed by atoms with Crippen molar-refractivity contribution in [2.75, 3.05) is 33.4 Å². The van der Waals surface area contributed by atoms with Gasteiger partial charge < -0.3 is 14.9 Å². The van der Waals surface area contributed by atoms with Gasteiger partial charge in [-0.15, -0.1) is 0 Å². The van der Waals surface area contributed by atoms with E-state index < -0.39 is 24.8 Å². The molecule has 0 aliphatic heterocycles. The summed E-state index contributed by atoms with van der Waals surface area (Å²) in [5, 5.41) is 7.12. The number of rotatable bonds is 13. The zero-order valence-corrected chi connectivity index (χ0v) is 18.8. The minimum absolute atomic E-state index is 0.0385. The molecule has 182 valence electrons. The Morgan fingerprint density at radius 2 is 2.03 bits per heavy atom. The highest BCUT2D eigenvalue weighted by Crippen LogP contribution is 2.24. The first-order valence-corrected chi connectivity index (χ1v) is 10.9. The van der Waals surface area contributed by atoms with Crippen LogP contribution in [0.1, 0.15) is 24.0 Å². The van der Waals surface area contributed by atoms with E-state index in [4.69, 9.17) is 9.57 Å². The maximum absolute atomic E-state index is 12.4. The van der Waals surface area contributed by atoms with Crippen molar-refractivity contribution in [3.63, 3.8) is 0 Å². The van der Waals surface area contributed by atoms with Crippen molar-refractivity contribution in [3.8, 4) is 11.3 Å². The van der Waals surface area contributed by atoms with E-state index in [2.05, 4.69) is 15.5 Å². The molecule has 1 aromatic carbocycles. The summed E-state index contributed by atoms with van der Waals surface area (Å²) in [5.41, 5.74) is 3.81. The second-order valence-corrected chi connectivity index (χ2v) is 7.67. The molecule has 0 fully saturated rings. The fourth-order valence-corrected chi connectivity index (χ4v) is 3.30. The van der Waals surface area contributed by atoms with E-state index in [1.807, 2.05) is 28.8 Å². The Bertz CT molecular complexity index is 1110. The van der Waals surface area contributed by atoms with Crippen molar-refractivity contribution in [1.82, 2.24) is 14.7 Å². The van der Waals surface area contributed by atoms with Gasteiger partial charge in [0.1, 0.15) is 18.0 Å². The number of ketones is 1. The Hall–Kier alpha value is -3.24. The third-order valence-corrected chi connectivity index (χ3v) is 4.98. The molecule has 0 unspecified atom stereocenters. The summed E-state index contributed by atoms with van der Waals surface area (Å²) < 4.78 is 43.9. The number of ether oxygens (including phenoxy) is 1. The van der Waals surface area contributed by atoms with Crippen LogP contribution in [0.3, 0.4) is 0 Å². The third kappa shape index (κ3) is 7.96. The fourth-order valence-electron chi connectivity index (χ4n) is 3.30. The summed E-state index contributed by atoms with van der Waals surface area (Å²) >= 11 is 0. The molecule has 0 bridgehead atoms. The smallest absolute Gasteiger partial charge is 0.389 e. The number of nitrogens with zero attached hydrogens (tertiary/aromatic N) is 3. The summed E-state index contributed by atoms with van der Waals surface area (Å²) in [5.74, 6) is -0.440. The van der Waals surface area contributed by atoms with Gasteiger partial charge in [0.15, 0.2) is 0 Å². The molecule has 0 aliphatic carbocycles. The lowest BCUT2D eigenvalue weighted by Gasteiger charge is -2.07. The predicted molar refractivity (Wildman–Crippen MR) is 123 cm³/mol. The van der Waals surface area contributed by atoms with E-state index in [0.717, 1.165) is 23.4 Å². The van der Waals surface area contributed by atoms with Crippen LogP contribution in [0.4, 0.5) is 13.2 Å². The van der Waals surface area contributed by atoms with E-state index in [-0.39, 0.29) is 6.42 Å². The number of fused-ring (bicyclic) bond motifs is 1. The number of hydrogen-bond donors (Lipinski definition) is 1. The molecule has 34 heavy (non-hydrogen) atoms. The molecule has 10 heteroatoms. The number of aromatic nitrogens is 2. The molecule has 0 saturated carbocycles. The van der Waals surface area contributed by atoms with Crippen LogP contribution in [-0.4, -0.2) is 61.0 Å². The number of imidazole rings is 1. The first-order chi connectivity index (χ1) is 16.4. The molecule has 0 amide bonds. The number of carbonyl (C=O) groups is 1. The standard InChI is InChI=1S/C24H27F3N4O3/c1-33-11-8-28-9-12-34-30-16-19-6-10-31-22(17-29-23(31)15-19)20-4-2-3-18(13-20)14-21(32)5-7-24(25,26)27/h2-4,6,10,13,15-17,28H,5,7-9,11-12,14H2,1H3. The lowest BCUT2D eigenvalue weighted by Crippen LogP contribution is -2.23. The Morgan fingerprint density at radius 1 is 1.21 bits per heavy atom. The normalized spacial score (nSPS) is 12.0. The monoisotopic (exact) mass is 476 g/mol. The lowest BCUT2D eigenvalue weighted by atomic mass is 10.0. The number of carbonyl (C=O) groups excluding carboxylic acids is 1. The molecule has 0 aliphatic rings. The number of oxime groups is 1. The van der Waals surface area contributed by atoms with Crippen LogP contribution in [0, 0.1) is 0 Å². The number of Topliss-reactive ketones (excluding diaryl/α,β-unsaturated/α-hetero) is 1. The predicted octanol–water partition coefficient (Wildman–Crippen LogP) is 4.04. The fraction of sp³-hybridized carbons (Fsp3) is 0.375. The zero-order chi connectivity index (χ0) is 24.4. The van der Waals surface area contributed by atoms with Gasteiger partial charge in [0.2, 0.25) is 0 Å². The Balaban J connectivity index is 1.61. The van der Waals surface area contributed by atoms with Crippen LogP contribution in [0.25, 0.3) is 16.9 Å². The van der Waals surface area contributed by atoms with Gasteiger partial charge in [-0.05, 0) is 23.8 Å². The van der Waals surface area contributed by atoms with Gasteiger partial charge in [-0.1, -0.05) is 23.4 Å². The average Bonchev–Trinajstić information content (AvgIpc) is 3.22. The SMILES string of the molecule is COCCNCCON=Cc1ccn2c(-c3cccc(CC(=O)CCC(F)(F)F)c3)cnc2c1. The summed E-state index contributed by atoms with van der Waals surface area (Å²) in [7, 11) is 1.65. The van der Waals surface area contributed by atoms with Crippen LogP contribution in [0.5, 0.6) is 0 Å². The average molecular weight is 476 g/mol. The molecule has 2 heterocycles. The molecule has 0 atom stereocenters. The Kier molecular flexibility index (Phi) is 9.17. The third-order valence-electron chi connectivity index (χ3n) is 4.98. The van der Waals surface area contributed by atoms with Gasteiger partial charge in [0.05, 0.1) is 31.1 Å². The van der Waals surface area contributed by atoms with E-state index >= 15 is 0 Å². The molecule has 3 aromatic rings. The Morgan fingerprint density at radius 3 is 2.82 bits per heavy atom. The van der Waals surface area contributed by atoms with Crippen molar-refractivity contribution >= 4 is 17.6 Å². The minimum atomic E-state index is -4.33. The number of halogens is 3. The second kappa shape index (κ2) is 12.3. The van der Waals surface area contributed by atoms with Crippen LogP contribution in [-0.2, 0) is 20.8 Å². The molecule has 1 N–H and O–H groups in total. The highest BCUT2D eigenvalue weighted by Gasteiger charge is 2.27. The maximum Gasteiger partial charge on any atom is 0.389 e. The quantitative estimate of drug-likeness (QED) is 0.229. The zero-order valence-electron chi connectivity index (χ0n) is 18.8. The summed E-state index contributed by atoms with van der Waals surface area (Å²) in [6.45, 7) is 2.49. The summed E-state index contributed by atoms with van der Waals surface area (Å²) in [6, 6.07) is 10.9. The van der Waals surface area contributed by atoms with E-state index in [9.17, 15) is 18.0 Å². The molecule has 0 spiro atoms. The van der Waals surface area contributed by atoms with Gasteiger partial charge in [0.25, 0.3) is 0 Å². The summed E-state index contributed by atoms with van der Waals surface area (Å²) in [4.78, 5) is 21.6. The van der Waals surface area contributed by atoms with Crippen LogP contribution in [0.15, 0.2) is 53.9 Å². The highest BCUT2D eigenvalue weighted by molar-refractivity contribution is 5.82. The largest absolute Gasteiger partial charge is 0.394 e. The summed E-state index contributed by atoms with van der Waals surface area (Å²) in [6.07, 6.45) is -0.803. The molecule has 0 saturated heterocycles. The second-order valence-electron chi connectivity index (χ2n) is 7.67. The van der Waals surface area contributed by atoms with Gasteiger partial charge >= 0.3 is 6.18 Å². The van der Waals surface area contributed by atoms with Crippen molar-refractivity contribution in [2.24, 2.45) is 5.16 Å². The molecule has 3 rings (SSSR count).